The minimum atomic E-state index is -0.514. The van der Waals surface area contributed by atoms with E-state index in [1.165, 1.54) is 4.57 Å². The summed E-state index contributed by atoms with van der Waals surface area (Å²) in [5, 5.41) is 12.5. The summed E-state index contributed by atoms with van der Waals surface area (Å²) in [6.07, 6.45) is 1.11. The van der Waals surface area contributed by atoms with Gasteiger partial charge in [-0.2, -0.15) is 0 Å². The molecule has 0 spiro atoms. The summed E-state index contributed by atoms with van der Waals surface area (Å²) in [7, 11) is 0. The molecule has 1 aliphatic heterocycles. The van der Waals surface area contributed by atoms with Crippen LogP contribution in [0.15, 0.2) is 29.1 Å². The van der Waals surface area contributed by atoms with Crippen LogP contribution in [0, 0.1) is 22.0 Å². The van der Waals surface area contributed by atoms with Crippen molar-refractivity contribution in [3.63, 3.8) is 0 Å². The summed E-state index contributed by atoms with van der Waals surface area (Å²) in [5.74, 6) is 0.890. The second kappa shape index (κ2) is 6.26. The van der Waals surface area contributed by atoms with Crippen molar-refractivity contribution < 1.29 is 4.92 Å². The lowest BCUT2D eigenvalue weighted by atomic mass is 9.91. The molecule has 0 bridgehead atoms. The first-order valence-corrected chi connectivity index (χ1v) is 8.48. The minimum Gasteiger partial charge on any atom is -0.365 e. The van der Waals surface area contributed by atoms with Gasteiger partial charge in [-0.25, -0.2) is 0 Å². The van der Waals surface area contributed by atoms with Gasteiger partial charge in [0.1, 0.15) is 5.69 Å². The fourth-order valence-corrected chi connectivity index (χ4v) is 4.02. The molecule has 128 valence electrons. The van der Waals surface area contributed by atoms with Crippen molar-refractivity contribution in [3.8, 4) is 0 Å². The molecule has 24 heavy (non-hydrogen) atoms. The summed E-state index contributed by atoms with van der Waals surface area (Å²) in [6.45, 7) is 8.04. The van der Waals surface area contributed by atoms with Crippen LogP contribution in [0.2, 0.25) is 0 Å². The van der Waals surface area contributed by atoms with E-state index in [4.69, 9.17) is 0 Å². The Morgan fingerprint density at radius 1 is 1.21 bits per heavy atom. The fraction of sp³-hybridized carbons (Fsp3) is 0.500. The summed E-state index contributed by atoms with van der Waals surface area (Å²) in [4.78, 5) is 26.0. The number of piperidine rings is 1. The molecule has 0 radical (unpaired) electrons. The summed E-state index contributed by atoms with van der Waals surface area (Å²) >= 11 is 0. The highest BCUT2D eigenvalue weighted by Gasteiger charge is 2.32. The quantitative estimate of drug-likeness (QED) is 0.639. The Morgan fingerprint density at radius 3 is 2.42 bits per heavy atom. The first-order valence-electron chi connectivity index (χ1n) is 8.48. The topological polar surface area (TPSA) is 68.4 Å². The maximum absolute atomic E-state index is 12.8. The Bertz CT molecular complexity index is 833. The van der Waals surface area contributed by atoms with Crippen LogP contribution in [0.1, 0.15) is 27.2 Å². The van der Waals surface area contributed by atoms with Crippen molar-refractivity contribution in [1.29, 1.82) is 0 Å². The molecule has 6 nitrogen and oxygen atoms in total. The molecular weight excluding hydrogens is 306 g/mol. The SMILES string of the molecule is CCn1c(=O)c([N+](=O)[O-])c(N2CC(C)CC(C)C2)c2ccccc21. The van der Waals surface area contributed by atoms with E-state index >= 15 is 0 Å². The van der Waals surface area contributed by atoms with Crippen LogP contribution in [0.4, 0.5) is 11.4 Å². The molecular formula is C18H23N3O3. The number of hydrogen-bond donors (Lipinski definition) is 0. The predicted octanol–water partition coefficient (Wildman–Crippen LogP) is 3.41. The van der Waals surface area contributed by atoms with Crippen molar-refractivity contribution in [2.75, 3.05) is 18.0 Å². The van der Waals surface area contributed by atoms with E-state index in [-0.39, 0.29) is 5.69 Å². The van der Waals surface area contributed by atoms with Crippen LogP contribution in [0.25, 0.3) is 10.9 Å². The third-order valence-electron chi connectivity index (χ3n) is 4.81. The molecule has 1 aromatic carbocycles. The molecule has 1 saturated heterocycles. The zero-order valence-electron chi connectivity index (χ0n) is 14.4. The van der Waals surface area contributed by atoms with Crippen LogP contribution in [0.5, 0.6) is 0 Å². The monoisotopic (exact) mass is 329 g/mol. The standard InChI is InChI=1S/C18H23N3O3/c1-4-20-15-8-6-5-7-14(15)16(17(18(20)22)21(23)24)19-10-12(2)9-13(3)11-19/h5-8,12-13H,4,9-11H2,1-3H3. The molecule has 2 atom stereocenters. The lowest BCUT2D eigenvalue weighted by molar-refractivity contribution is -0.385. The fourth-order valence-electron chi connectivity index (χ4n) is 4.02. The number of benzene rings is 1. The van der Waals surface area contributed by atoms with E-state index in [0.29, 0.717) is 24.1 Å². The molecule has 0 aliphatic carbocycles. The average molecular weight is 329 g/mol. The van der Waals surface area contributed by atoms with Crippen LogP contribution in [-0.4, -0.2) is 22.6 Å². The van der Waals surface area contributed by atoms with Crippen LogP contribution >= 0.6 is 0 Å². The molecule has 0 amide bonds. The zero-order valence-corrected chi connectivity index (χ0v) is 14.4. The van der Waals surface area contributed by atoms with E-state index < -0.39 is 10.5 Å². The smallest absolute Gasteiger partial charge is 0.357 e. The number of rotatable bonds is 3. The average Bonchev–Trinajstić information content (AvgIpc) is 2.52. The van der Waals surface area contributed by atoms with Gasteiger partial charge in [0.2, 0.25) is 0 Å². The lowest BCUT2D eigenvalue weighted by Crippen LogP contribution is -2.40. The van der Waals surface area contributed by atoms with Crippen LogP contribution in [0.3, 0.4) is 0 Å². The van der Waals surface area contributed by atoms with Gasteiger partial charge < -0.3 is 9.47 Å². The third kappa shape index (κ3) is 2.66. The number of aryl methyl sites for hydroxylation is 1. The normalized spacial score (nSPS) is 21.2. The number of pyridine rings is 1. The van der Waals surface area contributed by atoms with Crippen molar-refractivity contribution in [3.05, 3.63) is 44.7 Å². The van der Waals surface area contributed by atoms with Gasteiger partial charge in [-0.05, 0) is 31.2 Å². The van der Waals surface area contributed by atoms with Gasteiger partial charge >= 0.3 is 11.2 Å². The van der Waals surface area contributed by atoms with Crippen LogP contribution < -0.4 is 10.5 Å². The third-order valence-corrected chi connectivity index (χ3v) is 4.81. The Kier molecular flexibility index (Phi) is 4.30. The highest BCUT2D eigenvalue weighted by molar-refractivity contribution is 5.96. The highest BCUT2D eigenvalue weighted by atomic mass is 16.6. The van der Waals surface area contributed by atoms with Gasteiger partial charge in [0.05, 0.1) is 10.4 Å². The predicted molar refractivity (Wildman–Crippen MR) is 95.7 cm³/mol. The van der Waals surface area contributed by atoms with E-state index in [0.717, 1.165) is 30.4 Å². The first-order chi connectivity index (χ1) is 11.4. The van der Waals surface area contributed by atoms with Crippen molar-refractivity contribution in [1.82, 2.24) is 4.57 Å². The van der Waals surface area contributed by atoms with Gasteiger partial charge in [-0.3, -0.25) is 14.9 Å². The Morgan fingerprint density at radius 2 is 1.83 bits per heavy atom. The van der Waals surface area contributed by atoms with Gasteiger partial charge in [0.25, 0.3) is 0 Å². The van der Waals surface area contributed by atoms with Crippen molar-refractivity contribution in [2.45, 2.75) is 33.7 Å². The number of hydrogen-bond acceptors (Lipinski definition) is 4. The summed E-state index contributed by atoms with van der Waals surface area (Å²) in [6, 6.07) is 7.49. The number of nitrogens with zero attached hydrogens (tertiary/aromatic N) is 3. The van der Waals surface area contributed by atoms with E-state index in [1.54, 1.807) is 0 Å². The van der Waals surface area contributed by atoms with Gasteiger partial charge in [0.15, 0.2) is 0 Å². The van der Waals surface area contributed by atoms with Gasteiger partial charge in [0, 0.05) is 25.0 Å². The molecule has 1 fully saturated rings. The zero-order chi connectivity index (χ0) is 17.4. The molecule has 0 N–H and O–H groups in total. The molecule has 3 rings (SSSR count). The molecule has 2 unspecified atom stereocenters. The maximum Gasteiger partial charge on any atom is 0.357 e. The van der Waals surface area contributed by atoms with Crippen molar-refractivity contribution in [2.24, 2.45) is 11.8 Å². The summed E-state index contributed by atoms with van der Waals surface area (Å²) < 4.78 is 1.49. The molecule has 0 saturated carbocycles. The van der Waals surface area contributed by atoms with E-state index in [2.05, 4.69) is 13.8 Å². The molecule has 1 aromatic heterocycles. The number of fused-ring (bicyclic) bond motifs is 1. The first kappa shape index (κ1) is 16.5. The number of nitro groups is 1. The maximum atomic E-state index is 12.8. The Hall–Kier alpha value is -2.37. The van der Waals surface area contributed by atoms with E-state index in [9.17, 15) is 14.9 Å². The highest BCUT2D eigenvalue weighted by Crippen LogP contribution is 2.36. The second-order valence-electron chi connectivity index (χ2n) is 6.87. The summed E-state index contributed by atoms with van der Waals surface area (Å²) in [5.41, 5.74) is 0.444. The second-order valence-corrected chi connectivity index (χ2v) is 6.87. The minimum absolute atomic E-state index is 0.295. The van der Waals surface area contributed by atoms with Crippen LogP contribution in [-0.2, 0) is 6.54 Å². The van der Waals surface area contributed by atoms with Gasteiger partial charge in [-0.1, -0.05) is 32.0 Å². The van der Waals surface area contributed by atoms with E-state index in [1.807, 2.05) is 36.1 Å². The number of anilines is 1. The Balaban J connectivity index is 2.35. The molecule has 6 heteroatoms. The molecule has 2 heterocycles. The van der Waals surface area contributed by atoms with Crippen molar-refractivity contribution >= 4 is 22.3 Å². The number of aromatic nitrogens is 1. The largest absolute Gasteiger partial charge is 0.365 e. The molecule has 2 aromatic rings. The van der Waals surface area contributed by atoms with Gasteiger partial charge in [-0.15, -0.1) is 0 Å². The lowest BCUT2D eigenvalue weighted by Gasteiger charge is -2.36. The molecule has 1 aliphatic rings. The number of para-hydroxylation sites is 1. The Labute approximate surface area is 140 Å².